The van der Waals surface area contributed by atoms with Gasteiger partial charge in [0.2, 0.25) is 5.91 Å². The number of nitrogens with zero attached hydrogens (tertiary/aromatic N) is 1. The first-order valence-corrected chi connectivity index (χ1v) is 10.5. The second-order valence-corrected chi connectivity index (χ2v) is 8.81. The number of thiazole rings is 1. The lowest BCUT2D eigenvalue weighted by Crippen LogP contribution is -2.14. The largest absolute Gasteiger partial charge is 0.326 e. The molecule has 3 rings (SSSR count). The van der Waals surface area contributed by atoms with E-state index in [0.29, 0.717) is 16.9 Å². The maximum atomic E-state index is 12.7. The Bertz CT molecular complexity index is 1090. The van der Waals surface area contributed by atoms with Crippen LogP contribution < -0.4 is 10.0 Å². The van der Waals surface area contributed by atoms with Crippen molar-refractivity contribution in [1.29, 1.82) is 0 Å². The van der Waals surface area contributed by atoms with Crippen molar-refractivity contribution in [3.8, 4) is 11.3 Å². The van der Waals surface area contributed by atoms with Crippen molar-refractivity contribution in [1.82, 2.24) is 4.98 Å². The lowest BCUT2D eigenvalue weighted by molar-refractivity contribution is -0.114. The minimum Gasteiger partial charge on any atom is -0.326 e. The maximum absolute atomic E-state index is 12.7. The number of amides is 1. The first kappa shape index (κ1) is 19.1. The molecule has 6 nitrogen and oxygen atoms in total. The number of sulfonamides is 1. The second-order valence-electron chi connectivity index (χ2n) is 6.10. The molecule has 0 saturated carbocycles. The van der Waals surface area contributed by atoms with Crippen LogP contribution in [0.5, 0.6) is 0 Å². The molecule has 0 aliphatic heterocycles. The Morgan fingerprint density at radius 2 is 1.70 bits per heavy atom. The molecule has 0 saturated heterocycles. The normalized spacial score (nSPS) is 11.2. The van der Waals surface area contributed by atoms with Crippen molar-refractivity contribution in [3.05, 3.63) is 58.4 Å². The van der Waals surface area contributed by atoms with E-state index in [-0.39, 0.29) is 10.8 Å². The number of aryl methyl sites for hydroxylation is 2. The summed E-state index contributed by atoms with van der Waals surface area (Å²) >= 11 is 1.57. The van der Waals surface area contributed by atoms with Crippen LogP contribution in [0.25, 0.3) is 11.3 Å². The van der Waals surface area contributed by atoms with Crippen LogP contribution in [0.1, 0.15) is 17.5 Å². The summed E-state index contributed by atoms with van der Waals surface area (Å²) in [6.45, 7) is 5.03. The minimum absolute atomic E-state index is 0.163. The molecule has 140 valence electrons. The number of hydrogen-bond acceptors (Lipinski definition) is 5. The molecule has 0 radical (unpaired) electrons. The molecular weight excluding hydrogens is 382 g/mol. The number of anilines is 2. The molecule has 0 aliphatic carbocycles. The number of hydrogen-bond donors (Lipinski definition) is 2. The van der Waals surface area contributed by atoms with Crippen molar-refractivity contribution in [2.24, 2.45) is 0 Å². The van der Waals surface area contributed by atoms with E-state index in [1.54, 1.807) is 42.5 Å². The summed E-state index contributed by atoms with van der Waals surface area (Å²) in [7, 11) is -3.74. The van der Waals surface area contributed by atoms with E-state index in [0.717, 1.165) is 16.3 Å². The Labute approximate surface area is 162 Å². The van der Waals surface area contributed by atoms with Gasteiger partial charge in [-0.15, -0.1) is 11.3 Å². The highest BCUT2D eigenvalue weighted by molar-refractivity contribution is 7.92. The molecule has 0 unspecified atom stereocenters. The van der Waals surface area contributed by atoms with Crippen LogP contribution in [0.2, 0.25) is 0 Å². The van der Waals surface area contributed by atoms with E-state index >= 15 is 0 Å². The molecular formula is C19H19N3O3S2. The van der Waals surface area contributed by atoms with Crippen LogP contribution in [0.4, 0.5) is 11.4 Å². The van der Waals surface area contributed by atoms with Crippen molar-refractivity contribution in [2.45, 2.75) is 25.7 Å². The fourth-order valence-corrected chi connectivity index (χ4v) is 4.56. The van der Waals surface area contributed by atoms with Gasteiger partial charge >= 0.3 is 0 Å². The average molecular weight is 402 g/mol. The van der Waals surface area contributed by atoms with Crippen molar-refractivity contribution < 1.29 is 13.2 Å². The van der Waals surface area contributed by atoms with Crippen molar-refractivity contribution in [2.75, 3.05) is 10.0 Å². The number of nitrogens with one attached hydrogen (secondary N) is 2. The molecule has 1 heterocycles. The Kier molecular flexibility index (Phi) is 5.29. The smallest absolute Gasteiger partial charge is 0.262 e. The maximum Gasteiger partial charge on any atom is 0.262 e. The SMILES string of the molecule is CC(=O)Nc1ccc(S(=O)(=O)Nc2ccc(-c3csc(C)n3)cc2)c(C)c1. The Hall–Kier alpha value is -2.71. The third-order valence-corrected chi connectivity index (χ3v) is 6.15. The zero-order valence-electron chi connectivity index (χ0n) is 15.1. The van der Waals surface area contributed by atoms with Gasteiger partial charge in [0.25, 0.3) is 10.0 Å². The number of aromatic nitrogens is 1. The molecule has 2 N–H and O–H groups in total. The van der Waals surface area contributed by atoms with E-state index in [9.17, 15) is 13.2 Å². The van der Waals surface area contributed by atoms with Crippen LogP contribution in [-0.2, 0) is 14.8 Å². The van der Waals surface area contributed by atoms with Crippen LogP contribution in [0.15, 0.2) is 52.7 Å². The van der Waals surface area contributed by atoms with Gasteiger partial charge in [-0.2, -0.15) is 0 Å². The van der Waals surface area contributed by atoms with Gasteiger partial charge in [-0.05, 0) is 49.7 Å². The van der Waals surface area contributed by atoms with Crippen molar-refractivity contribution >= 4 is 38.6 Å². The number of carbonyl (C=O) groups excluding carboxylic acids is 1. The van der Waals surface area contributed by atoms with Gasteiger partial charge in [0.1, 0.15) is 0 Å². The predicted molar refractivity (Wildman–Crippen MR) is 109 cm³/mol. The third-order valence-electron chi connectivity index (χ3n) is 3.84. The summed E-state index contributed by atoms with van der Waals surface area (Å²) < 4.78 is 28.0. The first-order chi connectivity index (χ1) is 12.7. The van der Waals surface area contributed by atoms with E-state index in [4.69, 9.17) is 0 Å². The molecule has 27 heavy (non-hydrogen) atoms. The molecule has 0 spiro atoms. The third kappa shape index (κ3) is 4.53. The summed E-state index contributed by atoms with van der Waals surface area (Å²) in [5.74, 6) is -0.210. The van der Waals surface area contributed by atoms with E-state index < -0.39 is 10.0 Å². The van der Waals surface area contributed by atoms with Gasteiger partial charge < -0.3 is 5.32 Å². The van der Waals surface area contributed by atoms with Gasteiger partial charge in [-0.3, -0.25) is 9.52 Å². The van der Waals surface area contributed by atoms with Crippen LogP contribution in [0, 0.1) is 13.8 Å². The summed E-state index contributed by atoms with van der Waals surface area (Å²) in [6, 6.07) is 11.8. The molecule has 0 fully saturated rings. The fourth-order valence-electron chi connectivity index (χ4n) is 2.65. The van der Waals surface area contributed by atoms with Crippen LogP contribution in [0.3, 0.4) is 0 Å². The molecule has 8 heteroatoms. The van der Waals surface area contributed by atoms with E-state index in [1.165, 1.54) is 13.0 Å². The Balaban J connectivity index is 1.81. The molecule has 2 aromatic carbocycles. The molecule has 0 aliphatic rings. The molecule has 0 atom stereocenters. The Morgan fingerprint density at radius 1 is 1.04 bits per heavy atom. The highest BCUT2D eigenvalue weighted by Crippen LogP contribution is 2.26. The van der Waals surface area contributed by atoms with Gasteiger partial charge in [0.15, 0.2) is 0 Å². The molecule has 1 aromatic heterocycles. The molecule has 0 bridgehead atoms. The Morgan fingerprint density at radius 3 is 2.26 bits per heavy atom. The topological polar surface area (TPSA) is 88.2 Å². The minimum atomic E-state index is -3.74. The lowest BCUT2D eigenvalue weighted by Gasteiger charge is -2.12. The number of rotatable bonds is 5. The zero-order valence-corrected chi connectivity index (χ0v) is 16.7. The second kappa shape index (κ2) is 7.50. The summed E-state index contributed by atoms with van der Waals surface area (Å²) in [4.78, 5) is 15.7. The predicted octanol–water partition coefficient (Wildman–Crippen LogP) is 4.19. The fraction of sp³-hybridized carbons (Fsp3) is 0.158. The van der Waals surface area contributed by atoms with E-state index in [2.05, 4.69) is 15.0 Å². The summed E-state index contributed by atoms with van der Waals surface area (Å²) in [5.41, 5.74) is 3.37. The number of carbonyl (C=O) groups is 1. The van der Waals surface area contributed by atoms with Gasteiger partial charge in [0, 0.05) is 29.2 Å². The standard InChI is InChI=1S/C19H19N3O3S2/c1-12-10-17(20-13(2)23)8-9-19(12)27(24,25)22-16-6-4-15(5-7-16)18-11-26-14(3)21-18/h4-11,22H,1-3H3,(H,20,23). The van der Waals surface area contributed by atoms with Crippen LogP contribution in [-0.4, -0.2) is 19.3 Å². The monoisotopic (exact) mass is 401 g/mol. The van der Waals surface area contributed by atoms with E-state index in [1.807, 2.05) is 24.4 Å². The first-order valence-electron chi connectivity index (χ1n) is 8.18. The molecule has 3 aromatic rings. The van der Waals surface area contributed by atoms with Crippen LogP contribution >= 0.6 is 11.3 Å². The molecule has 1 amide bonds. The van der Waals surface area contributed by atoms with Gasteiger partial charge in [0.05, 0.1) is 15.6 Å². The summed E-state index contributed by atoms with van der Waals surface area (Å²) in [6.07, 6.45) is 0. The van der Waals surface area contributed by atoms with Gasteiger partial charge in [-0.25, -0.2) is 13.4 Å². The lowest BCUT2D eigenvalue weighted by atomic mass is 10.1. The summed E-state index contributed by atoms with van der Waals surface area (Å²) in [5, 5.41) is 5.58. The average Bonchev–Trinajstić information content (AvgIpc) is 3.01. The van der Waals surface area contributed by atoms with Gasteiger partial charge in [-0.1, -0.05) is 12.1 Å². The quantitative estimate of drug-likeness (QED) is 0.671. The number of benzene rings is 2. The van der Waals surface area contributed by atoms with Crippen molar-refractivity contribution in [3.63, 3.8) is 0 Å². The zero-order chi connectivity index (χ0) is 19.6. The highest BCUT2D eigenvalue weighted by atomic mass is 32.2. The highest BCUT2D eigenvalue weighted by Gasteiger charge is 2.17.